The molecule has 0 amide bonds. The summed E-state index contributed by atoms with van der Waals surface area (Å²) in [6, 6.07) is 3.68. The summed E-state index contributed by atoms with van der Waals surface area (Å²) in [5.41, 5.74) is 0.792. The van der Waals surface area contributed by atoms with E-state index in [1.165, 1.54) is 0 Å². The minimum absolute atomic E-state index is 0.172. The number of anilines is 1. The number of carboxylic acids is 1. The number of nitrogens with zero attached hydrogens (tertiary/aromatic N) is 2. The molecule has 5 nitrogen and oxygen atoms in total. The second kappa shape index (κ2) is 4.86. The van der Waals surface area contributed by atoms with Gasteiger partial charge in [0.05, 0.1) is 11.6 Å². The van der Waals surface area contributed by atoms with E-state index in [4.69, 9.17) is 9.52 Å². The van der Waals surface area contributed by atoms with Crippen molar-refractivity contribution < 1.29 is 14.3 Å². The van der Waals surface area contributed by atoms with Crippen LogP contribution >= 0.6 is 0 Å². The van der Waals surface area contributed by atoms with Crippen LogP contribution in [0.4, 0.5) is 5.82 Å². The first-order chi connectivity index (χ1) is 8.18. The highest BCUT2D eigenvalue weighted by Crippen LogP contribution is 2.24. The van der Waals surface area contributed by atoms with E-state index in [2.05, 4.69) is 4.98 Å². The summed E-state index contributed by atoms with van der Waals surface area (Å²) >= 11 is 0. The maximum absolute atomic E-state index is 10.4. The Balaban J connectivity index is 2.10. The molecular formula is C12H14N2O3. The van der Waals surface area contributed by atoms with E-state index in [1.54, 1.807) is 12.5 Å². The van der Waals surface area contributed by atoms with Crippen molar-refractivity contribution in [1.82, 2.24) is 4.98 Å². The molecule has 90 valence electrons. The Morgan fingerprint density at radius 2 is 2.35 bits per heavy atom. The molecular weight excluding hydrogens is 220 g/mol. The zero-order chi connectivity index (χ0) is 12.3. The summed E-state index contributed by atoms with van der Waals surface area (Å²) in [6.07, 6.45) is 4.09. The lowest BCUT2D eigenvalue weighted by Gasteiger charge is -2.17. The predicted octanol–water partition coefficient (Wildman–Crippen LogP) is 2.13. The van der Waals surface area contributed by atoms with Gasteiger partial charge in [-0.25, -0.2) is 4.98 Å². The van der Waals surface area contributed by atoms with Crippen LogP contribution < -0.4 is 4.90 Å². The molecule has 5 heteroatoms. The quantitative estimate of drug-likeness (QED) is 0.858. The van der Waals surface area contributed by atoms with Gasteiger partial charge in [0.25, 0.3) is 0 Å². The Kier molecular flexibility index (Phi) is 3.27. The van der Waals surface area contributed by atoms with Crippen LogP contribution in [-0.2, 0) is 4.79 Å². The number of carbonyl (C=O) groups is 1. The van der Waals surface area contributed by atoms with Crippen molar-refractivity contribution in [2.24, 2.45) is 0 Å². The van der Waals surface area contributed by atoms with Gasteiger partial charge in [-0.05, 0) is 18.6 Å². The third-order valence-corrected chi connectivity index (χ3v) is 2.60. The topological polar surface area (TPSA) is 66.6 Å². The van der Waals surface area contributed by atoms with Crippen molar-refractivity contribution in [3.63, 3.8) is 0 Å². The summed E-state index contributed by atoms with van der Waals surface area (Å²) < 4.78 is 5.29. The van der Waals surface area contributed by atoms with Crippen LogP contribution in [0.3, 0.4) is 0 Å². The third-order valence-electron chi connectivity index (χ3n) is 2.60. The average molecular weight is 234 g/mol. The molecule has 0 atom stereocenters. The first-order valence-electron chi connectivity index (χ1n) is 5.43. The fraction of sp³-hybridized carbons (Fsp3) is 0.333. The molecule has 2 heterocycles. The molecule has 0 saturated carbocycles. The minimum Gasteiger partial charge on any atom is -0.481 e. The van der Waals surface area contributed by atoms with Gasteiger partial charge in [-0.3, -0.25) is 4.79 Å². The predicted molar refractivity (Wildman–Crippen MR) is 64.1 cm³/mol. The number of fused-ring (bicyclic) bond motifs is 1. The second-order valence-corrected chi connectivity index (χ2v) is 3.89. The van der Waals surface area contributed by atoms with E-state index in [9.17, 15) is 4.79 Å². The first-order valence-corrected chi connectivity index (χ1v) is 5.43. The highest BCUT2D eigenvalue weighted by Gasteiger charge is 2.09. The van der Waals surface area contributed by atoms with Crippen molar-refractivity contribution in [3.05, 3.63) is 24.6 Å². The van der Waals surface area contributed by atoms with Crippen LogP contribution in [0.15, 0.2) is 29.0 Å². The molecule has 2 aromatic heterocycles. The molecule has 0 saturated heterocycles. The summed E-state index contributed by atoms with van der Waals surface area (Å²) in [4.78, 5) is 16.7. The largest absolute Gasteiger partial charge is 0.481 e. The Labute approximate surface area is 98.7 Å². The van der Waals surface area contributed by atoms with Gasteiger partial charge in [-0.2, -0.15) is 0 Å². The van der Waals surface area contributed by atoms with Gasteiger partial charge in [0, 0.05) is 26.2 Å². The molecule has 2 rings (SSSR count). The van der Waals surface area contributed by atoms with E-state index in [0.29, 0.717) is 13.0 Å². The monoisotopic (exact) mass is 234 g/mol. The Morgan fingerprint density at radius 1 is 1.53 bits per heavy atom. The van der Waals surface area contributed by atoms with E-state index in [-0.39, 0.29) is 6.42 Å². The third kappa shape index (κ3) is 2.55. The van der Waals surface area contributed by atoms with Crippen LogP contribution in [0.1, 0.15) is 12.8 Å². The van der Waals surface area contributed by atoms with Crippen molar-refractivity contribution in [2.75, 3.05) is 18.5 Å². The minimum atomic E-state index is -0.770. The van der Waals surface area contributed by atoms with E-state index in [0.717, 1.165) is 16.8 Å². The standard InChI is InChI=1S/C12H14N2O3/c1-14(7-2-3-11(15)16)12-9-5-8-17-10(9)4-6-13-12/h4-6,8H,2-3,7H2,1H3,(H,15,16). The Morgan fingerprint density at radius 3 is 3.12 bits per heavy atom. The van der Waals surface area contributed by atoms with Gasteiger partial charge in [0.2, 0.25) is 0 Å². The van der Waals surface area contributed by atoms with Crippen molar-refractivity contribution in [1.29, 1.82) is 0 Å². The van der Waals surface area contributed by atoms with Crippen LogP contribution in [0.25, 0.3) is 11.0 Å². The molecule has 0 aliphatic heterocycles. The molecule has 0 aliphatic carbocycles. The van der Waals surface area contributed by atoms with Gasteiger partial charge < -0.3 is 14.4 Å². The number of rotatable bonds is 5. The van der Waals surface area contributed by atoms with Gasteiger partial charge in [0.1, 0.15) is 11.4 Å². The number of carboxylic acid groups (broad SMARTS) is 1. The molecule has 0 spiro atoms. The van der Waals surface area contributed by atoms with Crippen LogP contribution in [0, 0.1) is 0 Å². The SMILES string of the molecule is CN(CCCC(=O)O)c1nccc2occc12. The molecule has 0 aliphatic rings. The molecule has 17 heavy (non-hydrogen) atoms. The molecule has 0 fully saturated rings. The maximum atomic E-state index is 10.4. The molecule has 0 radical (unpaired) electrons. The highest BCUT2D eigenvalue weighted by atomic mass is 16.4. The molecule has 0 bridgehead atoms. The molecule has 1 N–H and O–H groups in total. The van der Waals surface area contributed by atoms with Crippen LogP contribution in [0.5, 0.6) is 0 Å². The van der Waals surface area contributed by atoms with Crippen molar-refractivity contribution in [3.8, 4) is 0 Å². The van der Waals surface area contributed by atoms with Crippen molar-refractivity contribution >= 4 is 22.8 Å². The number of aromatic nitrogens is 1. The smallest absolute Gasteiger partial charge is 0.303 e. The summed E-state index contributed by atoms with van der Waals surface area (Å²) in [6.45, 7) is 0.656. The van der Waals surface area contributed by atoms with Gasteiger partial charge >= 0.3 is 5.97 Å². The number of aliphatic carboxylic acids is 1. The fourth-order valence-electron chi connectivity index (χ4n) is 1.76. The molecule has 2 aromatic rings. The summed E-state index contributed by atoms with van der Waals surface area (Å²) in [7, 11) is 1.90. The number of hydrogen-bond acceptors (Lipinski definition) is 4. The fourth-order valence-corrected chi connectivity index (χ4v) is 1.76. The van der Waals surface area contributed by atoms with Crippen molar-refractivity contribution in [2.45, 2.75) is 12.8 Å². The first kappa shape index (κ1) is 11.4. The number of hydrogen-bond donors (Lipinski definition) is 1. The van der Waals surface area contributed by atoms with E-state index in [1.807, 2.05) is 24.1 Å². The Hall–Kier alpha value is -2.04. The van der Waals surface area contributed by atoms with Gasteiger partial charge in [0.15, 0.2) is 0 Å². The van der Waals surface area contributed by atoms with Crippen LogP contribution in [0.2, 0.25) is 0 Å². The Bertz CT molecular complexity index is 521. The highest BCUT2D eigenvalue weighted by molar-refractivity contribution is 5.88. The zero-order valence-electron chi connectivity index (χ0n) is 9.59. The van der Waals surface area contributed by atoms with Gasteiger partial charge in [-0.1, -0.05) is 0 Å². The lowest BCUT2D eigenvalue weighted by atomic mass is 10.2. The number of furan rings is 1. The van der Waals surface area contributed by atoms with E-state index < -0.39 is 5.97 Å². The summed E-state index contributed by atoms with van der Waals surface area (Å²) in [5.74, 6) is 0.0505. The lowest BCUT2D eigenvalue weighted by Crippen LogP contribution is -2.20. The van der Waals surface area contributed by atoms with Crippen LogP contribution in [-0.4, -0.2) is 29.7 Å². The molecule has 0 aromatic carbocycles. The lowest BCUT2D eigenvalue weighted by molar-refractivity contribution is -0.137. The van der Waals surface area contributed by atoms with Gasteiger partial charge in [-0.15, -0.1) is 0 Å². The normalized spacial score (nSPS) is 10.6. The maximum Gasteiger partial charge on any atom is 0.303 e. The average Bonchev–Trinajstić information content (AvgIpc) is 2.75. The van der Waals surface area contributed by atoms with E-state index >= 15 is 0 Å². The zero-order valence-corrected chi connectivity index (χ0v) is 9.59. The molecule has 0 unspecified atom stereocenters. The summed E-state index contributed by atoms with van der Waals surface area (Å²) in [5, 5.41) is 9.54. The second-order valence-electron chi connectivity index (χ2n) is 3.89. The number of pyridine rings is 1.